The van der Waals surface area contributed by atoms with E-state index in [1.807, 2.05) is 6.92 Å². The van der Waals surface area contributed by atoms with Gasteiger partial charge in [0.2, 0.25) is 5.91 Å². The van der Waals surface area contributed by atoms with Gasteiger partial charge in [0.25, 0.3) is 0 Å². The SMILES string of the molecule is COc1ccc(Cl)cc1NC(=O)C(C)NC1CC1. The van der Waals surface area contributed by atoms with Crippen molar-refractivity contribution in [2.24, 2.45) is 0 Å². The first-order valence-electron chi connectivity index (χ1n) is 6.00. The third-order valence-electron chi connectivity index (χ3n) is 2.88. The molecule has 0 aromatic heterocycles. The molecule has 98 valence electrons. The first-order chi connectivity index (χ1) is 8.60. The summed E-state index contributed by atoms with van der Waals surface area (Å²) >= 11 is 5.91. The second-order valence-electron chi connectivity index (χ2n) is 4.50. The molecule has 1 aliphatic carbocycles. The highest BCUT2D eigenvalue weighted by Gasteiger charge is 2.25. The van der Waals surface area contributed by atoms with Crippen molar-refractivity contribution in [3.05, 3.63) is 23.2 Å². The van der Waals surface area contributed by atoms with E-state index < -0.39 is 0 Å². The molecule has 1 aromatic rings. The summed E-state index contributed by atoms with van der Waals surface area (Å²) in [6, 6.07) is 5.41. The standard InChI is InChI=1S/C13H17ClN2O2/c1-8(15-10-4-5-10)13(17)16-11-7-9(14)3-6-12(11)18-2/h3,6-8,10,15H,4-5H2,1-2H3,(H,16,17). The number of carbonyl (C=O) groups excluding carboxylic acids is 1. The van der Waals surface area contributed by atoms with Gasteiger partial charge in [0.1, 0.15) is 5.75 Å². The van der Waals surface area contributed by atoms with E-state index >= 15 is 0 Å². The van der Waals surface area contributed by atoms with Crippen LogP contribution >= 0.6 is 11.6 Å². The number of hydrogen-bond donors (Lipinski definition) is 2. The maximum absolute atomic E-state index is 12.0. The highest BCUT2D eigenvalue weighted by molar-refractivity contribution is 6.31. The van der Waals surface area contributed by atoms with Crippen molar-refractivity contribution in [1.82, 2.24) is 5.32 Å². The van der Waals surface area contributed by atoms with Gasteiger partial charge in [-0.25, -0.2) is 0 Å². The Morgan fingerprint density at radius 3 is 2.83 bits per heavy atom. The first-order valence-corrected chi connectivity index (χ1v) is 6.38. The van der Waals surface area contributed by atoms with Crippen molar-refractivity contribution in [2.75, 3.05) is 12.4 Å². The van der Waals surface area contributed by atoms with Gasteiger partial charge in [-0.15, -0.1) is 0 Å². The van der Waals surface area contributed by atoms with E-state index in [0.717, 1.165) is 12.8 Å². The normalized spacial score (nSPS) is 16.2. The van der Waals surface area contributed by atoms with Gasteiger partial charge < -0.3 is 15.4 Å². The van der Waals surface area contributed by atoms with Crippen LogP contribution in [0.3, 0.4) is 0 Å². The lowest BCUT2D eigenvalue weighted by atomic mass is 10.2. The van der Waals surface area contributed by atoms with Crippen molar-refractivity contribution >= 4 is 23.2 Å². The number of rotatable bonds is 5. The van der Waals surface area contributed by atoms with Crippen LogP contribution in [-0.4, -0.2) is 25.1 Å². The van der Waals surface area contributed by atoms with E-state index in [0.29, 0.717) is 22.5 Å². The van der Waals surface area contributed by atoms with Crippen LogP contribution in [0.5, 0.6) is 5.75 Å². The van der Waals surface area contributed by atoms with Crippen LogP contribution in [-0.2, 0) is 4.79 Å². The predicted molar refractivity (Wildman–Crippen MR) is 72.3 cm³/mol. The van der Waals surface area contributed by atoms with Crippen LogP contribution in [0.2, 0.25) is 5.02 Å². The zero-order chi connectivity index (χ0) is 13.1. The molecule has 1 fully saturated rings. The number of methoxy groups -OCH3 is 1. The van der Waals surface area contributed by atoms with Crippen molar-refractivity contribution in [1.29, 1.82) is 0 Å². The Kier molecular flexibility index (Phi) is 4.09. The minimum atomic E-state index is -0.221. The average molecular weight is 269 g/mol. The third-order valence-corrected chi connectivity index (χ3v) is 3.11. The summed E-state index contributed by atoms with van der Waals surface area (Å²) in [6.07, 6.45) is 2.30. The lowest BCUT2D eigenvalue weighted by Gasteiger charge is -2.15. The molecule has 0 radical (unpaired) electrons. The van der Waals surface area contributed by atoms with Gasteiger partial charge in [-0.3, -0.25) is 4.79 Å². The highest BCUT2D eigenvalue weighted by atomic mass is 35.5. The molecule has 0 bridgehead atoms. The van der Waals surface area contributed by atoms with Crippen LogP contribution in [0.1, 0.15) is 19.8 Å². The van der Waals surface area contributed by atoms with E-state index in [-0.39, 0.29) is 11.9 Å². The number of benzene rings is 1. The van der Waals surface area contributed by atoms with Gasteiger partial charge in [-0.1, -0.05) is 11.6 Å². The number of amides is 1. The van der Waals surface area contributed by atoms with Gasteiger partial charge in [0.05, 0.1) is 18.8 Å². The predicted octanol–water partition coefficient (Wildman–Crippen LogP) is 2.43. The molecule has 2 N–H and O–H groups in total. The van der Waals surface area contributed by atoms with E-state index in [4.69, 9.17) is 16.3 Å². The molecule has 0 heterocycles. The highest BCUT2D eigenvalue weighted by Crippen LogP contribution is 2.28. The Hall–Kier alpha value is -1.26. The quantitative estimate of drug-likeness (QED) is 0.862. The molecule has 1 saturated carbocycles. The molecule has 18 heavy (non-hydrogen) atoms. The molecule has 1 atom stereocenters. The minimum absolute atomic E-state index is 0.0810. The summed E-state index contributed by atoms with van der Waals surface area (Å²) in [5.74, 6) is 0.522. The minimum Gasteiger partial charge on any atom is -0.495 e. The van der Waals surface area contributed by atoms with Gasteiger partial charge >= 0.3 is 0 Å². The number of ether oxygens (including phenoxy) is 1. The number of hydrogen-bond acceptors (Lipinski definition) is 3. The topological polar surface area (TPSA) is 50.4 Å². The Labute approximate surface area is 112 Å². The molecular formula is C13H17ClN2O2. The van der Waals surface area contributed by atoms with E-state index in [1.165, 1.54) is 0 Å². The molecule has 0 saturated heterocycles. The molecule has 1 unspecified atom stereocenters. The van der Waals surface area contributed by atoms with Gasteiger partial charge in [-0.2, -0.15) is 0 Å². The molecule has 1 aliphatic rings. The monoisotopic (exact) mass is 268 g/mol. The van der Waals surface area contributed by atoms with Gasteiger partial charge in [0.15, 0.2) is 0 Å². The fourth-order valence-electron chi connectivity index (χ4n) is 1.70. The van der Waals surface area contributed by atoms with E-state index in [1.54, 1.807) is 25.3 Å². The largest absolute Gasteiger partial charge is 0.495 e. The van der Waals surface area contributed by atoms with Crippen molar-refractivity contribution in [3.63, 3.8) is 0 Å². The lowest BCUT2D eigenvalue weighted by Crippen LogP contribution is -2.39. The summed E-state index contributed by atoms with van der Waals surface area (Å²) in [7, 11) is 1.56. The summed E-state index contributed by atoms with van der Waals surface area (Å²) in [5.41, 5.74) is 0.597. The smallest absolute Gasteiger partial charge is 0.241 e. The van der Waals surface area contributed by atoms with Crippen molar-refractivity contribution < 1.29 is 9.53 Å². The summed E-state index contributed by atoms with van der Waals surface area (Å²) < 4.78 is 5.18. The zero-order valence-corrected chi connectivity index (χ0v) is 11.3. The molecule has 0 spiro atoms. The summed E-state index contributed by atoms with van der Waals surface area (Å²) in [5, 5.41) is 6.63. The Morgan fingerprint density at radius 1 is 1.50 bits per heavy atom. The molecule has 4 nitrogen and oxygen atoms in total. The number of nitrogens with one attached hydrogen (secondary N) is 2. The zero-order valence-electron chi connectivity index (χ0n) is 10.5. The summed E-state index contributed by atoms with van der Waals surface area (Å²) in [4.78, 5) is 12.0. The Bertz CT molecular complexity index is 447. The average Bonchev–Trinajstić information content (AvgIpc) is 3.13. The van der Waals surface area contributed by atoms with Crippen LogP contribution in [0.4, 0.5) is 5.69 Å². The molecular weight excluding hydrogens is 252 g/mol. The van der Waals surface area contributed by atoms with E-state index in [2.05, 4.69) is 10.6 Å². The van der Waals surface area contributed by atoms with Crippen LogP contribution in [0, 0.1) is 0 Å². The second kappa shape index (κ2) is 5.59. The molecule has 1 aromatic carbocycles. The lowest BCUT2D eigenvalue weighted by molar-refractivity contribution is -0.117. The Morgan fingerprint density at radius 2 is 2.22 bits per heavy atom. The number of halogens is 1. The fraction of sp³-hybridized carbons (Fsp3) is 0.462. The van der Waals surface area contributed by atoms with Crippen LogP contribution in [0.15, 0.2) is 18.2 Å². The van der Waals surface area contributed by atoms with E-state index in [9.17, 15) is 4.79 Å². The fourth-order valence-corrected chi connectivity index (χ4v) is 1.87. The molecule has 5 heteroatoms. The molecule has 2 rings (SSSR count). The van der Waals surface area contributed by atoms with Crippen LogP contribution in [0.25, 0.3) is 0 Å². The van der Waals surface area contributed by atoms with Gasteiger partial charge in [-0.05, 0) is 38.0 Å². The van der Waals surface area contributed by atoms with Crippen LogP contribution < -0.4 is 15.4 Å². The third kappa shape index (κ3) is 3.37. The molecule has 1 amide bonds. The summed E-state index contributed by atoms with van der Waals surface area (Å²) in [6.45, 7) is 1.85. The maximum atomic E-state index is 12.0. The van der Waals surface area contributed by atoms with Crippen molar-refractivity contribution in [2.45, 2.75) is 31.8 Å². The maximum Gasteiger partial charge on any atom is 0.241 e. The second-order valence-corrected chi connectivity index (χ2v) is 4.93. The molecule has 0 aliphatic heterocycles. The van der Waals surface area contributed by atoms with Crippen molar-refractivity contribution in [3.8, 4) is 5.75 Å². The Balaban J connectivity index is 2.02. The van der Waals surface area contributed by atoms with Gasteiger partial charge in [0, 0.05) is 11.1 Å². The first kappa shape index (κ1) is 13.2. The number of carbonyl (C=O) groups is 1. The number of anilines is 1.